The predicted molar refractivity (Wildman–Crippen MR) is 211 cm³/mol. The van der Waals surface area contributed by atoms with Crippen molar-refractivity contribution in [3.8, 4) is 23.0 Å². The van der Waals surface area contributed by atoms with Crippen molar-refractivity contribution in [1.82, 2.24) is 0 Å². The molecule has 292 valence electrons. The van der Waals surface area contributed by atoms with Crippen LogP contribution in [-0.4, -0.2) is 49.7 Å². The third-order valence-electron chi connectivity index (χ3n) is 8.12. The first kappa shape index (κ1) is 42.3. The lowest BCUT2D eigenvalue weighted by Gasteiger charge is -2.21. The summed E-state index contributed by atoms with van der Waals surface area (Å²) in [5.41, 5.74) is 1.49. The molecule has 0 fully saturated rings. The summed E-state index contributed by atoms with van der Waals surface area (Å²) in [5.74, 6) is -1.41. The molecule has 0 saturated carbocycles. The number of carbonyl (C=O) groups is 5. The molecule has 56 heavy (non-hydrogen) atoms. The SMILES string of the molecule is C=C(C)C(=O)OCC(CCOc1ccc2cc(/C=C/C(=O)Oc3ccc(OC(=O)c4ccc(OC(=O)C(=C)C)cc4)cc3C)ccc2c1)COC(=O)C(C)(C)C. The number of fused-ring (bicyclic) bond motifs is 1. The van der Waals surface area contributed by atoms with Crippen LogP contribution in [-0.2, 0) is 28.7 Å². The average Bonchev–Trinajstić information content (AvgIpc) is 3.15. The van der Waals surface area contributed by atoms with E-state index < -0.39 is 29.3 Å². The fourth-order valence-electron chi connectivity index (χ4n) is 4.85. The topological polar surface area (TPSA) is 141 Å². The molecule has 11 heteroatoms. The Labute approximate surface area is 326 Å². The second-order valence-electron chi connectivity index (χ2n) is 14.3. The number of carbonyl (C=O) groups excluding carboxylic acids is 5. The van der Waals surface area contributed by atoms with E-state index in [9.17, 15) is 24.0 Å². The molecule has 1 unspecified atom stereocenters. The Morgan fingerprint density at radius 1 is 0.696 bits per heavy atom. The van der Waals surface area contributed by atoms with Gasteiger partial charge in [0.15, 0.2) is 0 Å². The summed E-state index contributed by atoms with van der Waals surface area (Å²) in [5, 5.41) is 1.85. The summed E-state index contributed by atoms with van der Waals surface area (Å²) in [6.45, 7) is 17.7. The molecule has 0 bridgehead atoms. The number of ether oxygens (including phenoxy) is 6. The highest BCUT2D eigenvalue weighted by Gasteiger charge is 2.25. The maximum absolute atomic E-state index is 12.7. The van der Waals surface area contributed by atoms with E-state index >= 15 is 0 Å². The minimum atomic E-state index is -0.655. The highest BCUT2D eigenvalue weighted by molar-refractivity contribution is 5.93. The van der Waals surface area contributed by atoms with Crippen LogP contribution in [0.15, 0.2) is 109 Å². The quantitative estimate of drug-likeness (QED) is 0.0616. The standard InChI is InChI=1S/C45H46O11/c1-28(2)41(47)52-26-32(27-53-44(50)45(6,7)8)21-22-51-37-17-14-34-24-31(9-11-35(34)25-37)10-20-40(46)56-39-19-18-38(23-30(39)5)55-43(49)33-12-15-36(16-13-33)54-42(48)29(3)4/h9-20,23-25,32H,1,3,21-22,26-27H2,2,4-8H3/b20-10+. The lowest BCUT2D eigenvalue weighted by atomic mass is 9.97. The van der Waals surface area contributed by atoms with Gasteiger partial charge in [-0.05, 0) is 137 Å². The molecule has 1 atom stereocenters. The first-order valence-corrected chi connectivity index (χ1v) is 17.9. The summed E-state index contributed by atoms with van der Waals surface area (Å²) in [7, 11) is 0. The van der Waals surface area contributed by atoms with Gasteiger partial charge in [0.05, 0.1) is 30.8 Å². The van der Waals surface area contributed by atoms with E-state index in [1.807, 2.05) is 36.4 Å². The summed E-state index contributed by atoms with van der Waals surface area (Å²) < 4.78 is 32.9. The predicted octanol–water partition coefficient (Wildman–Crippen LogP) is 8.56. The average molecular weight is 763 g/mol. The van der Waals surface area contributed by atoms with Crippen LogP contribution in [0.25, 0.3) is 16.8 Å². The summed E-state index contributed by atoms with van der Waals surface area (Å²) in [4.78, 5) is 61.3. The Morgan fingerprint density at radius 2 is 1.32 bits per heavy atom. The molecule has 0 heterocycles. The molecule has 4 rings (SSSR count). The van der Waals surface area contributed by atoms with E-state index in [-0.39, 0.29) is 53.3 Å². The molecule has 0 amide bonds. The van der Waals surface area contributed by atoms with Crippen molar-refractivity contribution in [3.63, 3.8) is 0 Å². The van der Waals surface area contributed by atoms with Crippen molar-refractivity contribution in [2.75, 3.05) is 19.8 Å². The van der Waals surface area contributed by atoms with Crippen molar-refractivity contribution in [3.05, 3.63) is 126 Å². The molecule has 4 aromatic rings. The van der Waals surface area contributed by atoms with Crippen molar-refractivity contribution < 1.29 is 52.4 Å². The Kier molecular flexibility index (Phi) is 14.5. The molecular formula is C45H46O11. The number of hydrogen-bond acceptors (Lipinski definition) is 11. The molecule has 0 spiro atoms. The highest BCUT2D eigenvalue weighted by Crippen LogP contribution is 2.26. The van der Waals surface area contributed by atoms with E-state index in [2.05, 4.69) is 13.2 Å². The second kappa shape index (κ2) is 19.2. The second-order valence-corrected chi connectivity index (χ2v) is 14.3. The smallest absolute Gasteiger partial charge is 0.343 e. The van der Waals surface area contributed by atoms with Gasteiger partial charge in [-0.3, -0.25) is 4.79 Å². The largest absolute Gasteiger partial charge is 0.494 e. The van der Waals surface area contributed by atoms with Gasteiger partial charge in [0, 0.05) is 23.1 Å². The third-order valence-corrected chi connectivity index (χ3v) is 8.12. The Balaban J connectivity index is 1.29. The fraction of sp³-hybridized carbons (Fsp3) is 0.267. The normalized spacial score (nSPS) is 11.7. The maximum atomic E-state index is 12.7. The van der Waals surface area contributed by atoms with Gasteiger partial charge in [0.1, 0.15) is 23.0 Å². The Bertz CT molecular complexity index is 2150. The van der Waals surface area contributed by atoms with Crippen molar-refractivity contribution in [2.45, 2.75) is 48.0 Å². The zero-order valence-corrected chi connectivity index (χ0v) is 32.5. The molecule has 0 saturated heterocycles. The van der Waals surface area contributed by atoms with Gasteiger partial charge in [-0.1, -0.05) is 31.4 Å². The molecular weight excluding hydrogens is 716 g/mol. The lowest BCUT2D eigenvalue weighted by Crippen LogP contribution is -2.28. The number of hydrogen-bond donors (Lipinski definition) is 0. The molecule has 0 N–H and O–H groups in total. The zero-order valence-electron chi connectivity index (χ0n) is 32.5. The van der Waals surface area contributed by atoms with Crippen LogP contribution in [0.5, 0.6) is 23.0 Å². The molecule has 4 aromatic carbocycles. The van der Waals surface area contributed by atoms with Crippen LogP contribution in [0.1, 0.15) is 62.5 Å². The first-order chi connectivity index (χ1) is 26.5. The van der Waals surface area contributed by atoms with E-state index in [1.165, 1.54) is 43.3 Å². The molecule has 0 radical (unpaired) electrons. The summed E-state index contributed by atoms with van der Waals surface area (Å²) in [6.07, 6.45) is 3.45. The number of aryl methyl sites for hydroxylation is 1. The minimum absolute atomic E-state index is 0.0634. The van der Waals surface area contributed by atoms with Crippen molar-refractivity contribution >= 4 is 46.7 Å². The number of esters is 5. The van der Waals surface area contributed by atoms with Crippen LogP contribution in [0.3, 0.4) is 0 Å². The highest BCUT2D eigenvalue weighted by atomic mass is 16.6. The fourth-order valence-corrected chi connectivity index (χ4v) is 4.85. The molecule has 0 aromatic heterocycles. The molecule has 11 nitrogen and oxygen atoms in total. The van der Waals surface area contributed by atoms with Gasteiger partial charge in [0.2, 0.25) is 0 Å². The zero-order chi connectivity index (χ0) is 41.0. The number of benzene rings is 4. The molecule has 0 aliphatic carbocycles. The van der Waals surface area contributed by atoms with Crippen molar-refractivity contribution in [2.24, 2.45) is 11.3 Å². The van der Waals surface area contributed by atoms with Gasteiger partial charge in [-0.25, -0.2) is 19.2 Å². The molecule has 0 aliphatic rings. The summed E-state index contributed by atoms with van der Waals surface area (Å²) in [6, 6.07) is 21.9. The van der Waals surface area contributed by atoms with Gasteiger partial charge in [-0.2, -0.15) is 0 Å². The van der Waals surface area contributed by atoms with Crippen LogP contribution < -0.4 is 18.9 Å². The summed E-state index contributed by atoms with van der Waals surface area (Å²) >= 11 is 0. The lowest BCUT2D eigenvalue weighted by molar-refractivity contribution is -0.155. The van der Waals surface area contributed by atoms with E-state index in [0.717, 1.165) is 16.3 Å². The van der Waals surface area contributed by atoms with Gasteiger partial charge >= 0.3 is 29.8 Å². The first-order valence-electron chi connectivity index (χ1n) is 17.9. The van der Waals surface area contributed by atoms with Crippen LogP contribution in [0, 0.1) is 18.3 Å². The van der Waals surface area contributed by atoms with E-state index in [0.29, 0.717) is 30.1 Å². The number of rotatable bonds is 16. The minimum Gasteiger partial charge on any atom is -0.494 e. The van der Waals surface area contributed by atoms with E-state index in [4.69, 9.17) is 28.4 Å². The van der Waals surface area contributed by atoms with Gasteiger partial charge in [0.25, 0.3) is 0 Å². The van der Waals surface area contributed by atoms with Crippen LogP contribution in [0.2, 0.25) is 0 Å². The Hall–Kier alpha value is -6.49. The maximum Gasteiger partial charge on any atom is 0.343 e. The molecule has 0 aliphatic heterocycles. The van der Waals surface area contributed by atoms with Gasteiger partial charge in [-0.15, -0.1) is 0 Å². The van der Waals surface area contributed by atoms with Crippen LogP contribution in [0.4, 0.5) is 0 Å². The third kappa shape index (κ3) is 12.8. The Morgan fingerprint density at radius 3 is 1.98 bits per heavy atom. The van der Waals surface area contributed by atoms with Crippen LogP contribution >= 0.6 is 0 Å². The monoisotopic (exact) mass is 762 g/mol. The van der Waals surface area contributed by atoms with E-state index in [1.54, 1.807) is 52.8 Å². The van der Waals surface area contributed by atoms with Gasteiger partial charge < -0.3 is 28.4 Å². The van der Waals surface area contributed by atoms with Crippen molar-refractivity contribution in [1.29, 1.82) is 0 Å².